The fraction of sp³-hybridized carbons (Fsp3) is 0.471. The predicted molar refractivity (Wildman–Crippen MR) is 81.4 cm³/mol. The lowest BCUT2D eigenvalue weighted by molar-refractivity contribution is 0.317. The first-order valence-corrected chi connectivity index (χ1v) is 7.48. The summed E-state index contributed by atoms with van der Waals surface area (Å²) < 4.78 is 0. The summed E-state index contributed by atoms with van der Waals surface area (Å²) in [7, 11) is 0. The van der Waals surface area contributed by atoms with Gasteiger partial charge in [0.15, 0.2) is 0 Å². The van der Waals surface area contributed by atoms with Crippen LogP contribution in [0.15, 0.2) is 36.5 Å². The third-order valence-corrected chi connectivity index (χ3v) is 4.39. The number of aromatic nitrogens is 1. The normalized spacial score (nSPS) is 23.4. The van der Waals surface area contributed by atoms with E-state index in [0.717, 1.165) is 11.4 Å². The number of hydrogen-bond acceptors (Lipinski definition) is 2. The molecular weight excluding hydrogens is 232 g/mol. The lowest BCUT2D eigenvalue weighted by atomic mass is 9.83. The van der Waals surface area contributed by atoms with Gasteiger partial charge in [0.05, 0.1) is 5.52 Å². The van der Waals surface area contributed by atoms with E-state index >= 15 is 0 Å². The molecule has 2 nitrogen and oxygen atoms in total. The largest absolute Gasteiger partial charge is 0.382 e. The van der Waals surface area contributed by atoms with E-state index in [1.165, 1.54) is 43.2 Å². The molecule has 1 aliphatic rings. The Morgan fingerprint density at radius 2 is 2.11 bits per heavy atom. The minimum absolute atomic E-state index is 0.646. The van der Waals surface area contributed by atoms with Gasteiger partial charge in [-0.3, -0.25) is 4.98 Å². The molecule has 3 rings (SSSR count). The number of fused-ring (bicyclic) bond motifs is 1. The Morgan fingerprint density at radius 3 is 3.00 bits per heavy atom. The molecule has 0 spiro atoms. The van der Waals surface area contributed by atoms with Gasteiger partial charge >= 0.3 is 0 Å². The molecule has 1 aromatic carbocycles. The van der Waals surface area contributed by atoms with E-state index in [1.54, 1.807) is 0 Å². The third-order valence-electron chi connectivity index (χ3n) is 4.39. The maximum absolute atomic E-state index is 4.37. The van der Waals surface area contributed by atoms with Crippen LogP contribution in [0.25, 0.3) is 10.9 Å². The Kier molecular flexibility index (Phi) is 3.67. The molecule has 0 radical (unpaired) electrons. The summed E-state index contributed by atoms with van der Waals surface area (Å²) in [6.07, 6.45) is 8.59. The van der Waals surface area contributed by atoms with Crippen LogP contribution in [0, 0.1) is 5.92 Å². The molecule has 0 aliphatic heterocycles. The summed E-state index contributed by atoms with van der Waals surface area (Å²) in [5.74, 6) is 0.832. The van der Waals surface area contributed by atoms with E-state index in [-0.39, 0.29) is 0 Å². The van der Waals surface area contributed by atoms with Gasteiger partial charge in [0, 0.05) is 23.3 Å². The maximum Gasteiger partial charge on any atom is 0.0703 e. The molecule has 1 saturated carbocycles. The highest BCUT2D eigenvalue weighted by Crippen LogP contribution is 2.30. The Balaban J connectivity index is 1.80. The van der Waals surface area contributed by atoms with Gasteiger partial charge in [-0.15, -0.1) is 0 Å². The van der Waals surface area contributed by atoms with Crippen molar-refractivity contribution < 1.29 is 0 Å². The van der Waals surface area contributed by atoms with Crippen LogP contribution in [0.4, 0.5) is 5.69 Å². The first-order valence-electron chi connectivity index (χ1n) is 7.48. The first kappa shape index (κ1) is 12.5. The molecule has 0 amide bonds. The molecule has 0 bridgehead atoms. The molecule has 100 valence electrons. The van der Waals surface area contributed by atoms with Crippen molar-refractivity contribution in [2.75, 3.05) is 5.32 Å². The zero-order valence-corrected chi connectivity index (χ0v) is 11.6. The van der Waals surface area contributed by atoms with Crippen molar-refractivity contribution >= 4 is 16.6 Å². The average Bonchev–Trinajstić information content (AvgIpc) is 2.48. The minimum atomic E-state index is 0.646. The van der Waals surface area contributed by atoms with Crippen LogP contribution in [0.1, 0.15) is 39.0 Å². The van der Waals surface area contributed by atoms with Crippen LogP contribution in [0.3, 0.4) is 0 Å². The molecule has 2 aromatic rings. The van der Waals surface area contributed by atoms with Crippen LogP contribution < -0.4 is 5.32 Å². The Hall–Kier alpha value is -1.57. The highest BCUT2D eigenvalue weighted by Gasteiger charge is 2.23. The molecule has 1 N–H and O–H groups in total. The van der Waals surface area contributed by atoms with Crippen molar-refractivity contribution in [1.82, 2.24) is 4.98 Å². The van der Waals surface area contributed by atoms with Crippen LogP contribution in [-0.4, -0.2) is 11.0 Å². The molecule has 2 unspecified atom stereocenters. The summed E-state index contributed by atoms with van der Waals surface area (Å²) in [4.78, 5) is 4.37. The number of rotatable bonds is 3. The van der Waals surface area contributed by atoms with E-state index in [2.05, 4.69) is 41.5 Å². The smallest absolute Gasteiger partial charge is 0.0703 e. The minimum Gasteiger partial charge on any atom is -0.382 e. The van der Waals surface area contributed by atoms with Crippen molar-refractivity contribution in [2.24, 2.45) is 5.92 Å². The van der Waals surface area contributed by atoms with E-state index in [1.807, 2.05) is 12.3 Å². The van der Waals surface area contributed by atoms with E-state index in [4.69, 9.17) is 0 Å². The second-order valence-electron chi connectivity index (χ2n) is 5.61. The van der Waals surface area contributed by atoms with Gasteiger partial charge in [0.1, 0.15) is 0 Å². The van der Waals surface area contributed by atoms with E-state index < -0.39 is 0 Å². The van der Waals surface area contributed by atoms with Crippen molar-refractivity contribution in [3.05, 3.63) is 36.5 Å². The highest BCUT2D eigenvalue weighted by atomic mass is 14.9. The predicted octanol–water partition coefficient (Wildman–Crippen LogP) is 4.62. The summed E-state index contributed by atoms with van der Waals surface area (Å²) >= 11 is 0. The number of nitrogens with one attached hydrogen (secondary N) is 1. The zero-order chi connectivity index (χ0) is 13.1. The van der Waals surface area contributed by atoms with Crippen molar-refractivity contribution in [2.45, 2.75) is 45.1 Å². The van der Waals surface area contributed by atoms with Gasteiger partial charge in [-0.25, -0.2) is 0 Å². The van der Waals surface area contributed by atoms with Crippen molar-refractivity contribution in [3.8, 4) is 0 Å². The zero-order valence-electron chi connectivity index (χ0n) is 11.6. The van der Waals surface area contributed by atoms with E-state index in [0.29, 0.717) is 6.04 Å². The maximum atomic E-state index is 4.37. The molecular formula is C17H22N2. The third kappa shape index (κ3) is 2.73. The summed E-state index contributed by atoms with van der Waals surface area (Å²) in [5.41, 5.74) is 2.31. The first-order chi connectivity index (χ1) is 9.36. The van der Waals surface area contributed by atoms with Gasteiger partial charge in [-0.05, 0) is 43.0 Å². The summed E-state index contributed by atoms with van der Waals surface area (Å²) in [6.45, 7) is 2.31. The number of nitrogens with zero attached hydrogens (tertiary/aromatic N) is 1. The Bertz CT molecular complexity index is 550. The SMILES string of the molecule is CCC1CCCCC1Nc1ccc2ncccc2c1. The highest BCUT2D eigenvalue weighted by molar-refractivity contribution is 5.82. The standard InChI is InChI=1S/C17H22N2/c1-2-13-6-3-4-8-17(13)19-15-9-10-16-14(12-15)7-5-11-18-16/h5,7,9-13,17,19H,2-4,6,8H2,1H3. The van der Waals surface area contributed by atoms with E-state index in [9.17, 15) is 0 Å². The average molecular weight is 254 g/mol. The molecule has 2 heteroatoms. The second kappa shape index (κ2) is 5.60. The lowest BCUT2D eigenvalue weighted by Gasteiger charge is -2.32. The molecule has 2 atom stereocenters. The molecule has 1 fully saturated rings. The van der Waals surface area contributed by atoms with Gasteiger partial charge in [0.25, 0.3) is 0 Å². The van der Waals surface area contributed by atoms with Crippen LogP contribution in [0.2, 0.25) is 0 Å². The van der Waals surface area contributed by atoms with Crippen molar-refractivity contribution in [3.63, 3.8) is 0 Å². The summed E-state index contributed by atoms with van der Waals surface area (Å²) in [5, 5.41) is 4.97. The molecule has 0 saturated heterocycles. The van der Waals surface area contributed by atoms with Gasteiger partial charge in [0.2, 0.25) is 0 Å². The van der Waals surface area contributed by atoms with Crippen LogP contribution in [0.5, 0.6) is 0 Å². The quantitative estimate of drug-likeness (QED) is 0.864. The van der Waals surface area contributed by atoms with Crippen LogP contribution >= 0.6 is 0 Å². The number of anilines is 1. The fourth-order valence-electron chi connectivity index (χ4n) is 3.27. The lowest BCUT2D eigenvalue weighted by Crippen LogP contribution is -2.31. The number of benzene rings is 1. The van der Waals surface area contributed by atoms with Gasteiger partial charge < -0.3 is 5.32 Å². The Labute approximate surface area is 115 Å². The molecule has 1 aromatic heterocycles. The number of hydrogen-bond donors (Lipinski definition) is 1. The fourth-order valence-corrected chi connectivity index (χ4v) is 3.27. The molecule has 1 aliphatic carbocycles. The van der Waals surface area contributed by atoms with Gasteiger partial charge in [-0.2, -0.15) is 0 Å². The van der Waals surface area contributed by atoms with Crippen molar-refractivity contribution in [1.29, 1.82) is 0 Å². The monoisotopic (exact) mass is 254 g/mol. The summed E-state index contributed by atoms with van der Waals surface area (Å²) in [6, 6.07) is 11.3. The molecule has 19 heavy (non-hydrogen) atoms. The number of pyridine rings is 1. The van der Waals surface area contributed by atoms with Crippen LogP contribution in [-0.2, 0) is 0 Å². The topological polar surface area (TPSA) is 24.9 Å². The van der Waals surface area contributed by atoms with Gasteiger partial charge in [-0.1, -0.05) is 32.3 Å². The second-order valence-corrected chi connectivity index (χ2v) is 5.61. The Morgan fingerprint density at radius 1 is 1.21 bits per heavy atom. The molecule has 1 heterocycles.